The lowest BCUT2D eigenvalue weighted by molar-refractivity contribution is 0.111. The first-order valence-electron chi connectivity index (χ1n) is 13.9. The molecule has 2 bridgehead atoms. The van der Waals surface area contributed by atoms with Crippen molar-refractivity contribution in [3.8, 4) is 17.3 Å². The van der Waals surface area contributed by atoms with Crippen LogP contribution >= 0.6 is 11.6 Å². The highest BCUT2D eigenvalue weighted by Gasteiger charge is 2.35. The van der Waals surface area contributed by atoms with Crippen molar-refractivity contribution in [2.24, 2.45) is 0 Å². The van der Waals surface area contributed by atoms with E-state index in [9.17, 15) is 0 Å². The number of hydrogen-bond donors (Lipinski definition) is 1. The number of piperazine rings is 1. The number of methoxy groups -OCH3 is 1. The van der Waals surface area contributed by atoms with Crippen molar-refractivity contribution in [3.63, 3.8) is 0 Å². The van der Waals surface area contributed by atoms with E-state index < -0.39 is 5.82 Å². The first-order chi connectivity index (χ1) is 19.5. The number of hydrogen-bond acceptors (Lipinski definition) is 8. The van der Waals surface area contributed by atoms with E-state index in [1.165, 1.54) is 0 Å². The van der Waals surface area contributed by atoms with Gasteiger partial charge in [-0.1, -0.05) is 41.9 Å². The number of fused-ring (bicyclic) bond motifs is 4. The van der Waals surface area contributed by atoms with Crippen molar-refractivity contribution in [2.45, 2.75) is 43.5 Å². The van der Waals surface area contributed by atoms with Crippen LogP contribution in [-0.4, -0.2) is 84.5 Å². The third kappa shape index (κ3) is 4.55. The monoisotopic (exact) mass is 562 g/mol. The van der Waals surface area contributed by atoms with Crippen LogP contribution in [0.4, 0.5) is 10.2 Å². The molecule has 0 saturated carbocycles. The summed E-state index contributed by atoms with van der Waals surface area (Å²) >= 11 is 6.58. The maximum absolute atomic E-state index is 16.5. The van der Waals surface area contributed by atoms with Crippen molar-refractivity contribution in [2.75, 3.05) is 45.3 Å². The van der Waals surface area contributed by atoms with Crippen LogP contribution < -0.4 is 15.0 Å². The number of likely N-dealkylation sites (N-methyl/N-ethyl adjacent to an activating group) is 1. The van der Waals surface area contributed by atoms with Crippen LogP contribution in [0.15, 0.2) is 42.6 Å². The lowest BCUT2D eigenvalue weighted by Crippen LogP contribution is -2.51. The first kappa shape index (κ1) is 25.8. The minimum Gasteiger partial charge on any atom is -0.462 e. The van der Waals surface area contributed by atoms with Gasteiger partial charge in [-0.2, -0.15) is 9.97 Å². The van der Waals surface area contributed by atoms with Gasteiger partial charge in [0.2, 0.25) is 0 Å². The molecule has 208 valence electrons. The molecule has 10 heteroatoms. The zero-order chi connectivity index (χ0) is 27.4. The predicted molar refractivity (Wildman–Crippen MR) is 155 cm³/mol. The average molecular weight is 563 g/mol. The molecule has 1 N–H and O–H groups in total. The van der Waals surface area contributed by atoms with Crippen molar-refractivity contribution in [1.29, 1.82) is 0 Å². The minimum atomic E-state index is -0.506. The van der Waals surface area contributed by atoms with Crippen LogP contribution in [0, 0.1) is 5.82 Å². The molecule has 0 amide bonds. The highest BCUT2D eigenvalue weighted by molar-refractivity contribution is 6.36. The van der Waals surface area contributed by atoms with Gasteiger partial charge < -0.3 is 19.7 Å². The molecule has 5 heterocycles. The molecule has 8 nitrogen and oxygen atoms in total. The fraction of sp³-hybridized carbons (Fsp3) is 0.433. The van der Waals surface area contributed by atoms with E-state index in [-0.39, 0.29) is 29.4 Å². The van der Waals surface area contributed by atoms with Crippen molar-refractivity contribution in [1.82, 2.24) is 25.2 Å². The van der Waals surface area contributed by atoms with Crippen LogP contribution in [0.1, 0.15) is 19.3 Å². The zero-order valence-corrected chi connectivity index (χ0v) is 23.4. The van der Waals surface area contributed by atoms with Crippen LogP contribution in [0.3, 0.4) is 0 Å². The second kappa shape index (κ2) is 10.4. The lowest BCUT2D eigenvalue weighted by Gasteiger charge is -2.34. The summed E-state index contributed by atoms with van der Waals surface area (Å²) in [6.45, 7) is 2.83. The second-order valence-electron chi connectivity index (χ2n) is 11.2. The smallest absolute Gasteiger partial charge is 0.319 e. The fourth-order valence-corrected chi connectivity index (χ4v) is 6.83. The third-order valence-corrected chi connectivity index (χ3v) is 8.97. The van der Waals surface area contributed by atoms with E-state index in [0.29, 0.717) is 40.5 Å². The van der Waals surface area contributed by atoms with E-state index in [0.717, 1.165) is 49.7 Å². The number of halogens is 2. The summed E-state index contributed by atoms with van der Waals surface area (Å²) < 4.78 is 28.2. The van der Waals surface area contributed by atoms with Crippen molar-refractivity contribution >= 4 is 39.1 Å². The first-order valence-corrected chi connectivity index (χ1v) is 14.3. The SMILES string of the molecule is CO[C@@H]1C[C@@H](COc2nc(N3CC4CCC(C3)N4)c3cnc(-c4cccc5cccc(Cl)c45)c(F)c3n2)N(C)C1. The third-order valence-electron chi connectivity index (χ3n) is 8.66. The Morgan fingerprint density at radius 1 is 1.07 bits per heavy atom. The number of rotatable bonds is 6. The Bertz CT molecular complexity index is 1570. The number of nitrogens with zero attached hydrogens (tertiary/aromatic N) is 5. The summed E-state index contributed by atoms with van der Waals surface area (Å²) in [6.07, 6.45) is 4.97. The molecule has 0 spiro atoms. The molecule has 2 unspecified atom stereocenters. The van der Waals surface area contributed by atoms with Crippen LogP contribution in [0.5, 0.6) is 6.01 Å². The van der Waals surface area contributed by atoms with Gasteiger partial charge in [0, 0.05) is 67.0 Å². The predicted octanol–water partition coefficient (Wildman–Crippen LogP) is 4.68. The molecule has 3 aliphatic rings. The average Bonchev–Trinajstić information content (AvgIpc) is 3.51. The van der Waals surface area contributed by atoms with Gasteiger partial charge in [-0.3, -0.25) is 9.88 Å². The molecule has 2 aromatic heterocycles. The molecule has 0 aliphatic carbocycles. The standard InChI is InChI=1S/C30H32ClFN6O2/c1-37-15-21(39-2)11-20(37)16-40-30-35-28-23(29(36-30)38-13-18-9-10-19(14-38)34-18)12-33-27(26(28)32)22-7-3-5-17-6-4-8-24(31)25(17)22/h3-8,12,18-21,34H,9-11,13-16H2,1-2H3/t18?,19?,20-,21+/m0/s1. The summed E-state index contributed by atoms with van der Waals surface area (Å²) in [5, 5.41) is 6.47. The van der Waals surface area contributed by atoms with Gasteiger partial charge in [0.05, 0.1) is 11.5 Å². The van der Waals surface area contributed by atoms with E-state index >= 15 is 4.39 Å². The van der Waals surface area contributed by atoms with Gasteiger partial charge in [-0.05, 0) is 37.8 Å². The van der Waals surface area contributed by atoms with Gasteiger partial charge in [-0.15, -0.1) is 0 Å². The molecule has 3 aliphatic heterocycles. The Morgan fingerprint density at radius 2 is 1.85 bits per heavy atom. The molecule has 2 aromatic carbocycles. The topological polar surface area (TPSA) is 75.6 Å². The zero-order valence-electron chi connectivity index (χ0n) is 22.6. The second-order valence-corrected chi connectivity index (χ2v) is 11.6. The highest BCUT2D eigenvalue weighted by atomic mass is 35.5. The quantitative estimate of drug-likeness (QED) is 0.363. The number of nitrogens with one attached hydrogen (secondary N) is 1. The number of ether oxygens (including phenoxy) is 2. The highest BCUT2D eigenvalue weighted by Crippen LogP contribution is 2.38. The fourth-order valence-electron chi connectivity index (χ4n) is 6.54. The summed E-state index contributed by atoms with van der Waals surface area (Å²) in [4.78, 5) is 18.5. The molecule has 4 atom stereocenters. The number of benzene rings is 2. The summed E-state index contributed by atoms with van der Waals surface area (Å²) in [7, 11) is 3.79. The van der Waals surface area contributed by atoms with Gasteiger partial charge in [0.1, 0.15) is 23.6 Å². The minimum absolute atomic E-state index is 0.165. The number of aromatic nitrogens is 3. The molecule has 3 fully saturated rings. The van der Waals surface area contributed by atoms with Crippen LogP contribution in [0.2, 0.25) is 5.02 Å². The Morgan fingerprint density at radius 3 is 2.60 bits per heavy atom. The molecular weight excluding hydrogens is 531 g/mol. The molecular formula is C30H32ClFN6O2. The van der Waals surface area contributed by atoms with Crippen LogP contribution in [-0.2, 0) is 4.74 Å². The molecule has 3 saturated heterocycles. The number of anilines is 1. The Hall–Kier alpha value is -3.11. The molecule has 4 aromatic rings. The Kier molecular flexibility index (Phi) is 6.70. The van der Waals surface area contributed by atoms with Crippen molar-refractivity contribution in [3.05, 3.63) is 53.4 Å². The Labute approximate surface area is 237 Å². The van der Waals surface area contributed by atoms with Crippen molar-refractivity contribution < 1.29 is 13.9 Å². The Balaban J connectivity index is 1.32. The summed E-state index contributed by atoms with van der Waals surface area (Å²) in [6, 6.07) is 12.5. The molecule has 7 rings (SSSR count). The largest absolute Gasteiger partial charge is 0.462 e. The lowest BCUT2D eigenvalue weighted by atomic mass is 10.0. The van der Waals surface area contributed by atoms with E-state index in [1.54, 1.807) is 13.3 Å². The summed E-state index contributed by atoms with van der Waals surface area (Å²) in [5.41, 5.74) is 1.04. The number of likely N-dealkylation sites (tertiary alicyclic amines) is 1. The maximum atomic E-state index is 16.5. The summed E-state index contributed by atoms with van der Waals surface area (Å²) in [5.74, 6) is 0.163. The van der Waals surface area contributed by atoms with Gasteiger partial charge in [0.15, 0.2) is 5.82 Å². The van der Waals surface area contributed by atoms with E-state index in [2.05, 4.69) is 32.1 Å². The van der Waals surface area contributed by atoms with Gasteiger partial charge >= 0.3 is 6.01 Å². The normalized spacial score (nSPS) is 24.9. The van der Waals surface area contributed by atoms with Crippen LogP contribution in [0.25, 0.3) is 32.9 Å². The molecule has 40 heavy (non-hydrogen) atoms. The van der Waals surface area contributed by atoms with Gasteiger partial charge in [-0.25, -0.2) is 4.39 Å². The van der Waals surface area contributed by atoms with E-state index in [4.69, 9.17) is 26.1 Å². The number of pyridine rings is 1. The van der Waals surface area contributed by atoms with Gasteiger partial charge in [0.25, 0.3) is 0 Å². The molecule has 0 radical (unpaired) electrons. The maximum Gasteiger partial charge on any atom is 0.319 e. The van der Waals surface area contributed by atoms with E-state index in [1.807, 2.05) is 36.4 Å².